The van der Waals surface area contributed by atoms with Crippen LogP contribution < -0.4 is 5.32 Å². The van der Waals surface area contributed by atoms with Crippen molar-refractivity contribution in [2.24, 2.45) is 0 Å². The Morgan fingerprint density at radius 1 is 0.880 bits per heavy atom. The number of hydrogen-bond donors (Lipinski definition) is 1. The fraction of sp³-hybridized carbons (Fsp3) is 0.364. The van der Waals surface area contributed by atoms with Crippen molar-refractivity contribution in [2.45, 2.75) is 54.9 Å². The van der Waals surface area contributed by atoms with Gasteiger partial charge in [-0.05, 0) is 55.2 Å². The molecule has 3 heteroatoms. The van der Waals surface area contributed by atoms with E-state index in [1.165, 1.54) is 16.7 Å². The van der Waals surface area contributed by atoms with Gasteiger partial charge in [-0.3, -0.25) is 0 Å². The predicted molar refractivity (Wildman–Crippen MR) is 111 cm³/mol. The van der Waals surface area contributed by atoms with Crippen LogP contribution in [0.1, 0.15) is 51.3 Å². The standard InChI is InChI=1S/C18H19N3.2C2H6/c1-4-14-10-16-17(13(3)12(14)2)18(20-11-19-16)21-15-8-6-5-7-9-15;2*1-2/h5-11H,4H2,1-3H3,(H,19,20,21);2*1-2H3. The number of aryl methyl sites for hydroxylation is 2. The molecule has 0 unspecified atom stereocenters. The van der Waals surface area contributed by atoms with Crippen molar-refractivity contribution in [1.82, 2.24) is 9.97 Å². The highest BCUT2D eigenvalue weighted by molar-refractivity contribution is 5.94. The molecule has 0 amide bonds. The van der Waals surface area contributed by atoms with Crippen molar-refractivity contribution in [3.05, 3.63) is 59.4 Å². The predicted octanol–water partition coefficient (Wildman–Crippen LogP) is 6.61. The van der Waals surface area contributed by atoms with Crippen molar-refractivity contribution in [2.75, 3.05) is 5.32 Å². The first-order valence-electron chi connectivity index (χ1n) is 9.26. The number of fused-ring (bicyclic) bond motifs is 1. The second kappa shape index (κ2) is 10.4. The smallest absolute Gasteiger partial charge is 0.141 e. The molecule has 1 aromatic heterocycles. The molecule has 3 nitrogen and oxygen atoms in total. The minimum atomic E-state index is 0.870. The quantitative estimate of drug-likeness (QED) is 0.584. The van der Waals surface area contributed by atoms with Crippen LogP contribution >= 0.6 is 0 Å². The molecule has 134 valence electrons. The van der Waals surface area contributed by atoms with Gasteiger partial charge in [0.05, 0.1) is 5.52 Å². The van der Waals surface area contributed by atoms with Crippen LogP contribution in [0.5, 0.6) is 0 Å². The Kier molecular flexibility index (Phi) is 8.62. The largest absolute Gasteiger partial charge is 0.340 e. The first-order valence-corrected chi connectivity index (χ1v) is 9.26. The highest BCUT2D eigenvalue weighted by atomic mass is 15.0. The fourth-order valence-electron chi connectivity index (χ4n) is 2.70. The molecule has 25 heavy (non-hydrogen) atoms. The number of nitrogens with one attached hydrogen (secondary N) is 1. The van der Waals surface area contributed by atoms with Crippen LogP contribution in [0.4, 0.5) is 11.5 Å². The summed E-state index contributed by atoms with van der Waals surface area (Å²) in [7, 11) is 0. The lowest BCUT2D eigenvalue weighted by atomic mass is 9.97. The molecule has 1 heterocycles. The molecule has 1 N–H and O–H groups in total. The SMILES string of the molecule is CC.CC.CCc1cc2ncnc(Nc3ccccc3)c2c(C)c1C. The Bertz CT molecular complexity index is 780. The zero-order valence-corrected chi connectivity index (χ0v) is 16.6. The van der Waals surface area contributed by atoms with Gasteiger partial charge in [0.1, 0.15) is 12.1 Å². The van der Waals surface area contributed by atoms with E-state index >= 15 is 0 Å². The minimum Gasteiger partial charge on any atom is -0.340 e. The summed E-state index contributed by atoms with van der Waals surface area (Å²) in [5.41, 5.74) is 5.97. The van der Waals surface area contributed by atoms with E-state index < -0.39 is 0 Å². The Hall–Kier alpha value is -2.42. The maximum atomic E-state index is 4.44. The molecular weight excluding hydrogens is 306 g/mol. The second-order valence-corrected chi connectivity index (χ2v) is 5.25. The number of hydrogen-bond acceptors (Lipinski definition) is 3. The van der Waals surface area contributed by atoms with Gasteiger partial charge in [0.15, 0.2) is 0 Å². The van der Waals surface area contributed by atoms with Gasteiger partial charge in [0, 0.05) is 11.1 Å². The van der Waals surface area contributed by atoms with Crippen LogP contribution in [0.15, 0.2) is 42.7 Å². The van der Waals surface area contributed by atoms with E-state index in [0.29, 0.717) is 0 Å². The summed E-state index contributed by atoms with van der Waals surface area (Å²) in [6.45, 7) is 14.5. The van der Waals surface area contributed by atoms with E-state index in [2.05, 4.69) is 42.1 Å². The zero-order valence-electron chi connectivity index (χ0n) is 16.6. The van der Waals surface area contributed by atoms with Crippen LogP contribution in [0.2, 0.25) is 0 Å². The van der Waals surface area contributed by atoms with Crippen molar-refractivity contribution in [1.29, 1.82) is 0 Å². The Labute approximate surface area is 152 Å². The van der Waals surface area contributed by atoms with E-state index in [1.54, 1.807) is 6.33 Å². The molecule has 0 fully saturated rings. The molecule has 0 saturated carbocycles. The van der Waals surface area contributed by atoms with E-state index in [-0.39, 0.29) is 0 Å². The third-order valence-electron chi connectivity index (χ3n) is 4.02. The van der Waals surface area contributed by atoms with Gasteiger partial charge >= 0.3 is 0 Å². The van der Waals surface area contributed by atoms with Gasteiger partial charge in [-0.2, -0.15) is 0 Å². The maximum Gasteiger partial charge on any atom is 0.141 e. The third kappa shape index (κ3) is 4.79. The molecule has 0 radical (unpaired) electrons. The molecule has 0 aliphatic rings. The Balaban J connectivity index is 0.000000730. The summed E-state index contributed by atoms with van der Waals surface area (Å²) >= 11 is 0. The minimum absolute atomic E-state index is 0.870. The lowest BCUT2D eigenvalue weighted by molar-refractivity contribution is 1.09. The lowest BCUT2D eigenvalue weighted by Crippen LogP contribution is -2.00. The van der Waals surface area contributed by atoms with Crippen LogP contribution in [-0.2, 0) is 6.42 Å². The molecule has 2 aromatic carbocycles. The van der Waals surface area contributed by atoms with Gasteiger partial charge in [0.2, 0.25) is 0 Å². The molecule has 0 aliphatic carbocycles. The van der Waals surface area contributed by atoms with Crippen LogP contribution in [0.3, 0.4) is 0 Å². The van der Waals surface area contributed by atoms with E-state index in [9.17, 15) is 0 Å². The molecule has 0 aliphatic heterocycles. The summed E-state index contributed by atoms with van der Waals surface area (Å²) in [6.07, 6.45) is 2.65. The molecule has 0 saturated heterocycles. The topological polar surface area (TPSA) is 37.8 Å². The van der Waals surface area contributed by atoms with E-state index in [4.69, 9.17) is 0 Å². The lowest BCUT2D eigenvalue weighted by Gasteiger charge is -2.14. The summed E-state index contributed by atoms with van der Waals surface area (Å²) in [6, 6.07) is 12.3. The van der Waals surface area contributed by atoms with Gasteiger partial charge in [-0.25, -0.2) is 9.97 Å². The Morgan fingerprint density at radius 3 is 2.12 bits per heavy atom. The first-order chi connectivity index (χ1) is 12.2. The van der Waals surface area contributed by atoms with Crippen LogP contribution in [0, 0.1) is 13.8 Å². The Morgan fingerprint density at radius 2 is 1.52 bits per heavy atom. The molecule has 0 bridgehead atoms. The van der Waals surface area contributed by atoms with Crippen molar-refractivity contribution >= 4 is 22.4 Å². The average Bonchev–Trinajstić information content (AvgIpc) is 2.68. The molecule has 0 atom stereocenters. The van der Waals surface area contributed by atoms with Crippen molar-refractivity contribution < 1.29 is 0 Å². The summed E-state index contributed by atoms with van der Waals surface area (Å²) in [4.78, 5) is 8.88. The second-order valence-electron chi connectivity index (χ2n) is 5.25. The number of rotatable bonds is 3. The molecule has 3 rings (SSSR count). The fourth-order valence-corrected chi connectivity index (χ4v) is 2.70. The van der Waals surface area contributed by atoms with E-state index in [1.807, 2.05) is 58.0 Å². The van der Waals surface area contributed by atoms with Gasteiger partial charge in [0.25, 0.3) is 0 Å². The van der Waals surface area contributed by atoms with Gasteiger partial charge in [-0.15, -0.1) is 0 Å². The number of benzene rings is 2. The number of nitrogens with zero attached hydrogens (tertiary/aromatic N) is 2. The maximum absolute atomic E-state index is 4.44. The highest BCUT2D eigenvalue weighted by Crippen LogP contribution is 2.30. The van der Waals surface area contributed by atoms with Gasteiger partial charge < -0.3 is 5.32 Å². The number of aromatic nitrogens is 2. The zero-order chi connectivity index (χ0) is 18.8. The molecule has 0 spiro atoms. The number of para-hydroxylation sites is 1. The van der Waals surface area contributed by atoms with E-state index in [0.717, 1.165) is 28.8 Å². The summed E-state index contributed by atoms with van der Waals surface area (Å²) < 4.78 is 0. The molecule has 3 aromatic rings. The normalized spacial score (nSPS) is 9.56. The average molecular weight is 338 g/mol. The number of anilines is 2. The van der Waals surface area contributed by atoms with Crippen molar-refractivity contribution in [3.8, 4) is 0 Å². The highest BCUT2D eigenvalue weighted by Gasteiger charge is 2.11. The van der Waals surface area contributed by atoms with Crippen LogP contribution in [-0.4, -0.2) is 9.97 Å². The summed E-state index contributed by atoms with van der Waals surface area (Å²) in [5.74, 6) is 0.870. The molecular formula is C22H31N3. The van der Waals surface area contributed by atoms with Crippen molar-refractivity contribution in [3.63, 3.8) is 0 Å². The summed E-state index contributed by atoms with van der Waals surface area (Å²) in [5, 5.41) is 4.51. The van der Waals surface area contributed by atoms with Gasteiger partial charge in [-0.1, -0.05) is 52.8 Å². The first kappa shape index (κ1) is 20.6. The monoisotopic (exact) mass is 337 g/mol. The third-order valence-corrected chi connectivity index (χ3v) is 4.02. The van der Waals surface area contributed by atoms with Crippen LogP contribution in [0.25, 0.3) is 10.9 Å².